The van der Waals surface area contributed by atoms with Crippen LogP contribution in [0.4, 0.5) is 0 Å². The maximum absolute atomic E-state index is 12.4. The van der Waals surface area contributed by atoms with E-state index in [2.05, 4.69) is 16.4 Å². The minimum absolute atomic E-state index is 0.0632. The van der Waals surface area contributed by atoms with Gasteiger partial charge in [0.25, 0.3) is 0 Å². The number of benzene rings is 1. The second-order valence-electron chi connectivity index (χ2n) is 5.71. The van der Waals surface area contributed by atoms with E-state index in [1.165, 1.54) is 4.90 Å². The maximum Gasteiger partial charge on any atom is 0.249 e. The smallest absolute Gasteiger partial charge is 0.249 e. The molecule has 2 heterocycles. The van der Waals surface area contributed by atoms with Gasteiger partial charge >= 0.3 is 0 Å². The van der Waals surface area contributed by atoms with Crippen molar-refractivity contribution in [2.45, 2.75) is 32.2 Å². The van der Waals surface area contributed by atoms with Crippen LogP contribution in [0, 0.1) is 0 Å². The first-order valence-corrected chi connectivity index (χ1v) is 7.77. The molecule has 0 bridgehead atoms. The molecule has 120 valence electrons. The van der Waals surface area contributed by atoms with Crippen LogP contribution in [-0.2, 0) is 20.8 Å². The lowest BCUT2D eigenvalue weighted by molar-refractivity contribution is -0.138. The van der Waals surface area contributed by atoms with E-state index in [0.29, 0.717) is 19.4 Å². The summed E-state index contributed by atoms with van der Waals surface area (Å²) in [5, 5.41) is 3.37. The van der Waals surface area contributed by atoms with Gasteiger partial charge in [0.05, 0.1) is 6.42 Å². The molecule has 6 nitrogen and oxygen atoms in total. The van der Waals surface area contributed by atoms with E-state index >= 15 is 0 Å². The molecule has 1 fully saturated rings. The molecule has 0 radical (unpaired) electrons. The van der Waals surface area contributed by atoms with E-state index in [9.17, 15) is 14.4 Å². The second kappa shape index (κ2) is 6.24. The molecule has 1 atom stereocenters. The molecule has 0 saturated carbocycles. The van der Waals surface area contributed by atoms with Gasteiger partial charge < -0.3 is 9.88 Å². The molecule has 3 rings (SSSR count). The zero-order valence-electron chi connectivity index (χ0n) is 13.0. The van der Waals surface area contributed by atoms with Gasteiger partial charge in [0.2, 0.25) is 17.7 Å². The third-order valence-electron chi connectivity index (χ3n) is 4.23. The minimum atomic E-state index is -0.660. The lowest BCUT2D eigenvalue weighted by Crippen LogP contribution is -2.44. The fraction of sp³-hybridized carbons (Fsp3) is 0.353. The van der Waals surface area contributed by atoms with E-state index in [-0.39, 0.29) is 24.1 Å². The normalized spacial score (nSPS) is 17.5. The average molecular weight is 313 g/mol. The molecule has 23 heavy (non-hydrogen) atoms. The number of hydrogen-bond donors (Lipinski definition) is 2. The topological polar surface area (TPSA) is 82.3 Å². The van der Waals surface area contributed by atoms with Crippen molar-refractivity contribution < 1.29 is 14.4 Å². The zero-order valence-corrected chi connectivity index (χ0v) is 13.0. The predicted molar refractivity (Wildman–Crippen MR) is 85.6 cm³/mol. The summed E-state index contributed by atoms with van der Waals surface area (Å²) in [7, 11) is 0. The molecular formula is C17H19N3O3. The third-order valence-corrected chi connectivity index (χ3v) is 4.23. The highest BCUT2D eigenvalue weighted by atomic mass is 16.2. The Hall–Kier alpha value is -2.63. The monoisotopic (exact) mass is 313 g/mol. The highest BCUT2D eigenvalue weighted by Gasteiger charge is 2.36. The molecule has 1 aromatic heterocycles. The molecule has 2 aromatic rings. The van der Waals surface area contributed by atoms with E-state index in [4.69, 9.17) is 0 Å². The SMILES string of the molecule is CCN(C(=O)CCc1ccc2[nH]ccc2c1)[C@H]1CC(=O)NC1=O. The summed E-state index contributed by atoms with van der Waals surface area (Å²) in [4.78, 5) is 40.1. The molecular weight excluding hydrogens is 294 g/mol. The van der Waals surface area contributed by atoms with E-state index in [1.54, 1.807) is 0 Å². The van der Waals surface area contributed by atoms with Gasteiger partial charge in [-0.1, -0.05) is 6.07 Å². The number of imide groups is 1. The van der Waals surface area contributed by atoms with Crippen molar-refractivity contribution in [3.8, 4) is 0 Å². The fourth-order valence-electron chi connectivity index (χ4n) is 3.02. The standard InChI is InChI=1S/C17H19N3O3/c1-2-20(14-10-15(21)19-17(14)23)16(22)6-4-11-3-5-13-12(9-11)7-8-18-13/h3,5,7-9,14,18H,2,4,6,10H2,1H3,(H,19,21,23)/t14-/m0/s1. The highest BCUT2D eigenvalue weighted by Crippen LogP contribution is 2.17. The van der Waals surface area contributed by atoms with Crippen LogP contribution in [0.25, 0.3) is 10.9 Å². The first kappa shape index (κ1) is 15.3. The number of likely N-dealkylation sites (N-methyl/N-ethyl adjacent to an activating group) is 1. The van der Waals surface area contributed by atoms with Crippen molar-refractivity contribution >= 4 is 28.6 Å². The number of aromatic nitrogens is 1. The number of aromatic amines is 1. The maximum atomic E-state index is 12.4. The molecule has 1 aromatic carbocycles. The molecule has 1 saturated heterocycles. The van der Waals surface area contributed by atoms with Crippen LogP contribution in [0.3, 0.4) is 0 Å². The number of fused-ring (bicyclic) bond motifs is 1. The number of rotatable bonds is 5. The molecule has 0 aliphatic carbocycles. The van der Waals surface area contributed by atoms with Crippen molar-refractivity contribution in [1.82, 2.24) is 15.2 Å². The van der Waals surface area contributed by atoms with Crippen molar-refractivity contribution in [2.24, 2.45) is 0 Å². The Labute approximate surface area is 133 Å². The summed E-state index contributed by atoms with van der Waals surface area (Å²) in [6.07, 6.45) is 2.88. The molecule has 1 aliphatic rings. The molecule has 2 N–H and O–H groups in total. The van der Waals surface area contributed by atoms with E-state index in [1.807, 2.05) is 31.3 Å². The summed E-state index contributed by atoms with van der Waals surface area (Å²) in [6.45, 7) is 2.24. The number of nitrogens with one attached hydrogen (secondary N) is 2. The van der Waals surface area contributed by atoms with Gasteiger partial charge in [-0.15, -0.1) is 0 Å². The van der Waals surface area contributed by atoms with E-state index in [0.717, 1.165) is 16.5 Å². The largest absolute Gasteiger partial charge is 0.361 e. The number of hydrogen-bond acceptors (Lipinski definition) is 3. The molecule has 6 heteroatoms. The highest BCUT2D eigenvalue weighted by molar-refractivity contribution is 6.06. The van der Waals surface area contributed by atoms with Gasteiger partial charge in [-0.2, -0.15) is 0 Å². The molecule has 0 unspecified atom stereocenters. The Morgan fingerprint density at radius 1 is 1.30 bits per heavy atom. The lowest BCUT2D eigenvalue weighted by atomic mass is 10.1. The third kappa shape index (κ3) is 3.11. The quantitative estimate of drug-likeness (QED) is 0.818. The lowest BCUT2D eigenvalue weighted by Gasteiger charge is -2.25. The first-order chi connectivity index (χ1) is 11.1. The Bertz CT molecular complexity index is 765. The summed E-state index contributed by atoms with van der Waals surface area (Å²) >= 11 is 0. The van der Waals surface area contributed by atoms with Crippen LogP contribution in [-0.4, -0.2) is 40.2 Å². The van der Waals surface area contributed by atoms with E-state index < -0.39 is 6.04 Å². The average Bonchev–Trinajstić information content (AvgIpc) is 3.12. The predicted octanol–water partition coefficient (Wildman–Crippen LogP) is 1.36. The van der Waals surface area contributed by atoms with Crippen molar-refractivity contribution in [3.05, 3.63) is 36.0 Å². The zero-order chi connectivity index (χ0) is 16.4. The molecule has 1 aliphatic heterocycles. The van der Waals surface area contributed by atoms with Crippen LogP contribution in [0.1, 0.15) is 25.3 Å². The Morgan fingerprint density at radius 2 is 2.13 bits per heavy atom. The van der Waals surface area contributed by atoms with Gasteiger partial charge in [-0.05, 0) is 42.5 Å². The summed E-state index contributed by atoms with van der Waals surface area (Å²) in [5.74, 6) is -0.792. The van der Waals surface area contributed by atoms with Gasteiger partial charge in [0.1, 0.15) is 6.04 Å². The van der Waals surface area contributed by atoms with Gasteiger partial charge in [-0.25, -0.2) is 0 Å². The van der Waals surface area contributed by atoms with Gasteiger partial charge in [-0.3, -0.25) is 19.7 Å². The number of carbonyl (C=O) groups is 3. The summed E-state index contributed by atoms with van der Waals surface area (Å²) in [5.41, 5.74) is 2.14. The number of amides is 3. The Kier molecular flexibility index (Phi) is 4.14. The fourth-order valence-corrected chi connectivity index (χ4v) is 3.02. The van der Waals surface area contributed by atoms with Crippen LogP contribution >= 0.6 is 0 Å². The summed E-state index contributed by atoms with van der Waals surface area (Å²) < 4.78 is 0. The van der Waals surface area contributed by atoms with Crippen molar-refractivity contribution in [3.63, 3.8) is 0 Å². The van der Waals surface area contributed by atoms with Gasteiger partial charge in [0.15, 0.2) is 0 Å². The first-order valence-electron chi connectivity index (χ1n) is 7.77. The molecule has 3 amide bonds. The van der Waals surface area contributed by atoms with Crippen molar-refractivity contribution in [2.75, 3.05) is 6.54 Å². The van der Waals surface area contributed by atoms with Gasteiger partial charge in [0, 0.05) is 24.7 Å². The molecule has 0 spiro atoms. The number of H-pyrrole nitrogens is 1. The van der Waals surface area contributed by atoms with Crippen LogP contribution in [0.5, 0.6) is 0 Å². The van der Waals surface area contributed by atoms with Crippen LogP contribution < -0.4 is 5.32 Å². The van der Waals surface area contributed by atoms with Crippen molar-refractivity contribution in [1.29, 1.82) is 0 Å². The number of aryl methyl sites for hydroxylation is 1. The number of carbonyl (C=O) groups excluding carboxylic acids is 3. The van der Waals surface area contributed by atoms with Crippen LogP contribution in [0.15, 0.2) is 30.5 Å². The Morgan fingerprint density at radius 3 is 2.83 bits per heavy atom. The summed E-state index contributed by atoms with van der Waals surface area (Å²) in [6, 6.07) is 7.38. The van der Waals surface area contributed by atoms with Crippen LogP contribution in [0.2, 0.25) is 0 Å². The minimum Gasteiger partial charge on any atom is -0.361 e. The number of nitrogens with zero attached hydrogens (tertiary/aromatic N) is 1. The second-order valence-corrected chi connectivity index (χ2v) is 5.71. The Balaban J connectivity index is 1.65.